The van der Waals surface area contributed by atoms with Gasteiger partial charge in [0.15, 0.2) is 0 Å². The molecule has 1 saturated heterocycles. The van der Waals surface area contributed by atoms with Crippen LogP contribution in [0.3, 0.4) is 0 Å². The molecule has 3 aromatic heterocycles. The molecule has 1 aliphatic heterocycles. The van der Waals surface area contributed by atoms with Crippen molar-refractivity contribution in [2.45, 2.75) is 32.2 Å². The molecule has 0 radical (unpaired) electrons. The quantitative estimate of drug-likeness (QED) is 0.400. The summed E-state index contributed by atoms with van der Waals surface area (Å²) < 4.78 is 27.0. The molecule has 2 N–H and O–H groups in total. The molecule has 5 rings (SSSR count). The maximum absolute atomic E-state index is 13.5. The summed E-state index contributed by atoms with van der Waals surface area (Å²) in [4.78, 5) is 26.8. The third-order valence-corrected chi connectivity index (χ3v) is 6.47. The predicted octanol–water partition coefficient (Wildman–Crippen LogP) is 5.29. The first-order valence-corrected chi connectivity index (χ1v) is 11.7. The van der Waals surface area contributed by atoms with Gasteiger partial charge in [-0.2, -0.15) is 5.26 Å². The number of pyridine rings is 2. The second-order valence-electron chi connectivity index (χ2n) is 9.10. The fourth-order valence-electron chi connectivity index (χ4n) is 4.55. The number of nitrogens with one attached hydrogen (secondary N) is 2. The zero-order valence-electron chi connectivity index (χ0n) is 19.7. The van der Waals surface area contributed by atoms with Gasteiger partial charge in [-0.25, -0.2) is 13.8 Å². The van der Waals surface area contributed by atoms with Crippen LogP contribution in [0.2, 0.25) is 0 Å². The van der Waals surface area contributed by atoms with Crippen LogP contribution in [0.5, 0.6) is 0 Å². The number of alkyl halides is 2. The minimum absolute atomic E-state index is 0.118. The molecule has 7 nitrogen and oxygen atoms in total. The number of fused-ring (bicyclic) bond motifs is 1. The Morgan fingerprint density at radius 3 is 2.67 bits per heavy atom. The van der Waals surface area contributed by atoms with Gasteiger partial charge in [-0.1, -0.05) is 6.07 Å². The average molecular weight is 487 g/mol. The number of benzene rings is 1. The molecule has 1 fully saturated rings. The molecule has 0 atom stereocenters. The van der Waals surface area contributed by atoms with Gasteiger partial charge in [0, 0.05) is 67.0 Å². The minimum Gasteiger partial charge on any atom is -0.358 e. The number of hydrogen-bond acceptors (Lipinski definition) is 5. The van der Waals surface area contributed by atoms with Crippen LogP contribution in [0.25, 0.3) is 22.0 Å². The molecule has 1 aromatic carbocycles. The van der Waals surface area contributed by atoms with Crippen molar-refractivity contribution in [3.63, 3.8) is 0 Å². The number of carbonyl (C=O) groups excluding carboxylic acids is 1. The topological polar surface area (TPSA) is 97.7 Å². The molecule has 0 spiro atoms. The molecule has 4 heterocycles. The summed E-state index contributed by atoms with van der Waals surface area (Å²) in [5.74, 6) is -2.85. The van der Waals surface area contributed by atoms with Gasteiger partial charge in [0.25, 0.3) is 11.8 Å². The third kappa shape index (κ3) is 4.95. The maximum atomic E-state index is 13.5. The highest BCUT2D eigenvalue weighted by Crippen LogP contribution is 2.31. The van der Waals surface area contributed by atoms with Gasteiger partial charge in [-0.15, -0.1) is 0 Å². The van der Waals surface area contributed by atoms with E-state index in [1.54, 1.807) is 24.5 Å². The van der Waals surface area contributed by atoms with E-state index >= 15 is 0 Å². The maximum Gasteiger partial charge on any atom is 0.258 e. The lowest BCUT2D eigenvalue weighted by Gasteiger charge is -2.31. The highest BCUT2D eigenvalue weighted by molar-refractivity contribution is 6.14. The molecule has 0 unspecified atom stereocenters. The van der Waals surface area contributed by atoms with Gasteiger partial charge in [0.1, 0.15) is 11.8 Å². The lowest BCUT2D eigenvalue weighted by atomic mass is 10.0. The second kappa shape index (κ2) is 9.47. The number of aryl methyl sites for hydroxylation is 1. The van der Waals surface area contributed by atoms with Crippen molar-refractivity contribution >= 4 is 22.5 Å². The van der Waals surface area contributed by atoms with Crippen LogP contribution in [-0.4, -0.2) is 44.8 Å². The van der Waals surface area contributed by atoms with Crippen LogP contribution < -0.4 is 5.32 Å². The van der Waals surface area contributed by atoms with Crippen LogP contribution in [0.1, 0.15) is 40.2 Å². The Hall–Kier alpha value is -4.16. The number of aromatic nitrogens is 3. The lowest BCUT2D eigenvalue weighted by Crippen LogP contribution is -2.38. The Morgan fingerprint density at radius 1 is 1.14 bits per heavy atom. The van der Waals surface area contributed by atoms with Crippen LogP contribution >= 0.6 is 0 Å². The monoisotopic (exact) mass is 486 g/mol. The number of piperidine rings is 1. The number of aromatic amines is 1. The number of anilines is 1. The number of amides is 1. The van der Waals surface area contributed by atoms with E-state index in [1.165, 1.54) is 6.20 Å². The van der Waals surface area contributed by atoms with E-state index in [4.69, 9.17) is 5.26 Å². The fraction of sp³-hybridized carbons (Fsp3) is 0.259. The van der Waals surface area contributed by atoms with E-state index in [1.807, 2.05) is 42.2 Å². The summed E-state index contributed by atoms with van der Waals surface area (Å²) >= 11 is 0. The number of H-pyrrole nitrogens is 1. The van der Waals surface area contributed by atoms with Crippen LogP contribution in [0.4, 0.5) is 14.5 Å². The number of halogens is 2. The molecule has 182 valence electrons. The summed E-state index contributed by atoms with van der Waals surface area (Å²) in [7, 11) is 0. The molecule has 4 aromatic rings. The second-order valence-corrected chi connectivity index (χ2v) is 9.10. The van der Waals surface area contributed by atoms with Crippen molar-refractivity contribution in [1.29, 1.82) is 5.26 Å². The Balaban J connectivity index is 1.39. The van der Waals surface area contributed by atoms with Gasteiger partial charge in [0.05, 0.1) is 17.4 Å². The van der Waals surface area contributed by atoms with Gasteiger partial charge < -0.3 is 10.3 Å². The van der Waals surface area contributed by atoms with Gasteiger partial charge >= 0.3 is 0 Å². The number of hydrogen-bond donors (Lipinski definition) is 2. The predicted molar refractivity (Wildman–Crippen MR) is 133 cm³/mol. The summed E-state index contributed by atoms with van der Waals surface area (Å²) in [5, 5.41) is 12.5. The van der Waals surface area contributed by atoms with E-state index in [-0.39, 0.29) is 24.4 Å². The number of nitrogens with zero attached hydrogens (tertiary/aromatic N) is 4. The molecule has 0 aliphatic carbocycles. The summed E-state index contributed by atoms with van der Waals surface area (Å²) in [6, 6.07) is 13.0. The minimum atomic E-state index is -2.57. The lowest BCUT2D eigenvalue weighted by molar-refractivity contribution is -0.0566. The van der Waals surface area contributed by atoms with Gasteiger partial charge in [-0.3, -0.25) is 14.7 Å². The van der Waals surface area contributed by atoms with E-state index in [2.05, 4.69) is 20.3 Å². The van der Waals surface area contributed by atoms with Gasteiger partial charge in [0.2, 0.25) is 0 Å². The molecule has 0 saturated carbocycles. The van der Waals surface area contributed by atoms with Crippen LogP contribution in [0.15, 0.2) is 55.0 Å². The molecule has 9 heteroatoms. The Labute approximate surface area is 206 Å². The third-order valence-electron chi connectivity index (χ3n) is 6.47. The zero-order chi connectivity index (χ0) is 25.3. The largest absolute Gasteiger partial charge is 0.358 e. The van der Waals surface area contributed by atoms with E-state index in [0.717, 1.165) is 33.3 Å². The van der Waals surface area contributed by atoms with Crippen molar-refractivity contribution < 1.29 is 13.6 Å². The zero-order valence-corrected chi connectivity index (χ0v) is 19.7. The van der Waals surface area contributed by atoms with E-state index in [9.17, 15) is 13.6 Å². The Kier molecular flexibility index (Phi) is 6.20. The highest BCUT2D eigenvalue weighted by atomic mass is 19.3. The standard InChI is InChI=1S/C27H24F2N6O/c1-17-25(26(36)34-22-4-3-21(12-30)32-15-22)23-11-19(2-5-24(23)33-17)20-10-18(13-31-14-20)16-35-8-6-27(28,29)7-9-35/h2-5,10-11,13-15,33H,6-9,16H2,1H3,(H,34,36). The number of rotatable bonds is 5. The summed E-state index contributed by atoms with van der Waals surface area (Å²) in [6.07, 6.45) is 4.74. The summed E-state index contributed by atoms with van der Waals surface area (Å²) in [6.45, 7) is 3.13. The number of carbonyl (C=O) groups is 1. The first-order valence-electron chi connectivity index (χ1n) is 11.7. The Bertz CT molecular complexity index is 1460. The first kappa shape index (κ1) is 23.6. The van der Waals surface area contributed by atoms with E-state index < -0.39 is 5.92 Å². The average Bonchev–Trinajstić information content (AvgIpc) is 3.21. The Morgan fingerprint density at radius 2 is 1.94 bits per heavy atom. The first-order chi connectivity index (χ1) is 17.3. The highest BCUT2D eigenvalue weighted by Gasteiger charge is 2.33. The normalized spacial score (nSPS) is 15.5. The number of likely N-dealkylation sites (tertiary alicyclic amines) is 1. The van der Waals surface area contributed by atoms with E-state index in [0.29, 0.717) is 30.9 Å². The fourth-order valence-corrected chi connectivity index (χ4v) is 4.55. The molecular weight excluding hydrogens is 462 g/mol. The van der Waals surface area contributed by atoms with Gasteiger partial charge in [-0.05, 0) is 48.4 Å². The molecule has 0 bridgehead atoms. The number of nitriles is 1. The van der Waals surface area contributed by atoms with Crippen molar-refractivity contribution in [3.8, 4) is 17.2 Å². The van der Waals surface area contributed by atoms with Crippen molar-refractivity contribution in [1.82, 2.24) is 19.9 Å². The molecule has 1 amide bonds. The molecular formula is C27H24F2N6O. The summed E-state index contributed by atoms with van der Waals surface area (Å²) in [5.41, 5.74) is 5.59. The smallest absolute Gasteiger partial charge is 0.258 e. The van der Waals surface area contributed by atoms with Crippen molar-refractivity contribution in [2.75, 3.05) is 18.4 Å². The SMILES string of the molecule is Cc1[nH]c2ccc(-c3cncc(CN4CCC(F)(F)CC4)c3)cc2c1C(=O)Nc1ccc(C#N)nc1. The molecule has 1 aliphatic rings. The van der Waals surface area contributed by atoms with Crippen LogP contribution in [-0.2, 0) is 6.54 Å². The van der Waals surface area contributed by atoms with Crippen molar-refractivity contribution in [3.05, 3.63) is 77.5 Å². The van der Waals surface area contributed by atoms with Crippen molar-refractivity contribution in [2.24, 2.45) is 0 Å². The van der Waals surface area contributed by atoms with Crippen LogP contribution in [0, 0.1) is 18.3 Å². The molecule has 36 heavy (non-hydrogen) atoms.